The Bertz CT molecular complexity index is 251. The van der Waals surface area contributed by atoms with Gasteiger partial charge in [0.25, 0.3) is 0 Å². The summed E-state index contributed by atoms with van der Waals surface area (Å²) in [6.07, 6.45) is 6.03. The summed E-state index contributed by atoms with van der Waals surface area (Å²) < 4.78 is 13.4. The Morgan fingerprint density at radius 3 is 2.47 bits per heavy atom. The van der Waals surface area contributed by atoms with E-state index in [4.69, 9.17) is 0 Å². The maximum Gasteiger partial charge on any atom is 0.144 e. The van der Waals surface area contributed by atoms with Crippen LogP contribution in [0.1, 0.15) is 52.9 Å². The largest absolute Gasteiger partial charge is 0.263 e. The van der Waals surface area contributed by atoms with E-state index in [0.717, 1.165) is 37.8 Å². The van der Waals surface area contributed by atoms with Crippen molar-refractivity contribution in [3.63, 3.8) is 0 Å². The Balaban J connectivity index is 4.17. The third-order valence-electron chi connectivity index (χ3n) is 2.18. The normalized spacial score (nSPS) is 13.1. The number of allylic oxidation sites excluding steroid dienone is 2. The van der Waals surface area contributed by atoms with E-state index < -0.39 is 0 Å². The van der Waals surface area contributed by atoms with Crippen LogP contribution in [0.5, 0.6) is 0 Å². The van der Waals surface area contributed by atoms with E-state index in [1.54, 1.807) is 0 Å². The first-order valence-electron chi connectivity index (χ1n) is 5.68. The van der Waals surface area contributed by atoms with Crippen molar-refractivity contribution in [2.45, 2.75) is 52.9 Å². The van der Waals surface area contributed by atoms with Crippen LogP contribution >= 0.6 is 0 Å². The monoisotopic (exact) mass is 211 g/mol. The fourth-order valence-corrected chi connectivity index (χ4v) is 1.19. The fourth-order valence-electron chi connectivity index (χ4n) is 1.19. The molecule has 0 saturated carbocycles. The van der Waals surface area contributed by atoms with E-state index in [2.05, 4.69) is 25.4 Å². The molecule has 0 aliphatic rings. The van der Waals surface area contributed by atoms with Crippen LogP contribution in [0.3, 0.4) is 0 Å². The van der Waals surface area contributed by atoms with Gasteiger partial charge in [0.05, 0.1) is 6.20 Å². The van der Waals surface area contributed by atoms with Crippen molar-refractivity contribution < 1.29 is 4.39 Å². The average molecular weight is 211 g/mol. The van der Waals surface area contributed by atoms with Gasteiger partial charge < -0.3 is 0 Å². The molecule has 86 valence electrons. The Hall–Kier alpha value is -0.920. The van der Waals surface area contributed by atoms with E-state index >= 15 is 0 Å². The van der Waals surface area contributed by atoms with Gasteiger partial charge in [0, 0.05) is 5.71 Å². The van der Waals surface area contributed by atoms with E-state index in [-0.39, 0.29) is 5.83 Å². The molecule has 0 radical (unpaired) electrons. The molecule has 2 heteroatoms. The number of halogens is 1. The minimum atomic E-state index is -0.279. The van der Waals surface area contributed by atoms with Gasteiger partial charge in [-0.3, -0.25) is 4.99 Å². The quantitative estimate of drug-likeness (QED) is 0.423. The van der Waals surface area contributed by atoms with Crippen LogP contribution in [0, 0.1) is 0 Å². The molecule has 15 heavy (non-hydrogen) atoms. The second-order valence-corrected chi connectivity index (χ2v) is 3.80. The molecule has 0 amide bonds. The van der Waals surface area contributed by atoms with Gasteiger partial charge in [-0.25, -0.2) is 4.39 Å². The molecule has 0 N–H and O–H groups in total. The minimum Gasteiger partial charge on any atom is -0.263 e. The number of rotatable bonds is 7. The van der Waals surface area contributed by atoms with E-state index in [9.17, 15) is 4.39 Å². The lowest BCUT2D eigenvalue weighted by Crippen LogP contribution is -1.89. The van der Waals surface area contributed by atoms with Crippen LogP contribution in [-0.4, -0.2) is 5.71 Å². The lowest BCUT2D eigenvalue weighted by atomic mass is 10.1. The Morgan fingerprint density at radius 1 is 1.27 bits per heavy atom. The second kappa shape index (κ2) is 8.39. The van der Waals surface area contributed by atoms with Crippen molar-refractivity contribution in [1.29, 1.82) is 0 Å². The molecule has 0 unspecified atom stereocenters. The molecule has 0 aromatic rings. The highest BCUT2D eigenvalue weighted by Crippen LogP contribution is 2.16. The molecular formula is C13H22FN. The fraction of sp³-hybridized carbons (Fsp3) is 0.615. The molecule has 0 saturated heterocycles. The van der Waals surface area contributed by atoms with Gasteiger partial charge in [-0.05, 0) is 31.8 Å². The van der Waals surface area contributed by atoms with Crippen molar-refractivity contribution in [3.8, 4) is 0 Å². The first kappa shape index (κ1) is 14.1. The summed E-state index contributed by atoms with van der Waals surface area (Å²) >= 11 is 0. The lowest BCUT2D eigenvalue weighted by molar-refractivity contribution is 0.628. The molecule has 0 aromatic carbocycles. The smallest absolute Gasteiger partial charge is 0.144 e. The molecule has 0 fully saturated rings. The molecule has 0 aliphatic heterocycles. The summed E-state index contributed by atoms with van der Waals surface area (Å²) in [6, 6.07) is 0. The van der Waals surface area contributed by atoms with Crippen molar-refractivity contribution in [2.24, 2.45) is 4.99 Å². The topological polar surface area (TPSA) is 12.4 Å². The van der Waals surface area contributed by atoms with Crippen molar-refractivity contribution >= 4 is 5.71 Å². The van der Waals surface area contributed by atoms with Gasteiger partial charge in [-0.2, -0.15) is 0 Å². The lowest BCUT2D eigenvalue weighted by Gasteiger charge is -2.00. The SMILES string of the molecule is C=C(CCCC)/C(F)=C\N=C(C)CCC. The van der Waals surface area contributed by atoms with Crippen LogP contribution in [0.25, 0.3) is 0 Å². The molecule has 0 atom stereocenters. The highest BCUT2D eigenvalue weighted by atomic mass is 19.1. The Morgan fingerprint density at radius 2 is 1.93 bits per heavy atom. The standard InChI is InChI=1S/C13H22FN/c1-5-7-9-11(3)13(14)10-15-12(4)8-6-2/h10H,3,5-9H2,1-2,4H3/b13-10+,15-12?. The molecule has 1 nitrogen and oxygen atoms in total. The summed E-state index contributed by atoms with van der Waals surface area (Å²) in [7, 11) is 0. The van der Waals surface area contributed by atoms with Crippen LogP contribution in [-0.2, 0) is 0 Å². The summed E-state index contributed by atoms with van der Waals surface area (Å²) in [6.45, 7) is 9.79. The third-order valence-corrected chi connectivity index (χ3v) is 2.18. The first-order chi connectivity index (χ1) is 7.11. The first-order valence-corrected chi connectivity index (χ1v) is 5.68. The van der Waals surface area contributed by atoms with Crippen LogP contribution in [0.2, 0.25) is 0 Å². The summed E-state index contributed by atoms with van der Waals surface area (Å²) in [4.78, 5) is 4.06. The van der Waals surface area contributed by atoms with Gasteiger partial charge in [-0.1, -0.05) is 33.3 Å². The second-order valence-electron chi connectivity index (χ2n) is 3.80. The molecule has 0 aromatic heterocycles. The average Bonchev–Trinajstić information content (AvgIpc) is 2.22. The van der Waals surface area contributed by atoms with E-state index in [0.29, 0.717) is 5.57 Å². The summed E-state index contributed by atoms with van der Waals surface area (Å²) in [5.74, 6) is -0.279. The Labute approximate surface area is 92.8 Å². The number of hydrogen-bond donors (Lipinski definition) is 0. The van der Waals surface area contributed by atoms with Gasteiger partial charge in [0.2, 0.25) is 0 Å². The predicted molar refractivity (Wildman–Crippen MR) is 65.9 cm³/mol. The van der Waals surface area contributed by atoms with Crippen molar-refractivity contribution in [2.75, 3.05) is 0 Å². The van der Waals surface area contributed by atoms with E-state index in [1.165, 1.54) is 6.20 Å². The van der Waals surface area contributed by atoms with Crippen LogP contribution < -0.4 is 0 Å². The van der Waals surface area contributed by atoms with Crippen molar-refractivity contribution in [1.82, 2.24) is 0 Å². The summed E-state index contributed by atoms with van der Waals surface area (Å²) in [5, 5.41) is 0. The molecule has 0 heterocycles. The predicted octanol–water partition coefficient (Wildman–Crippen LogP) is 4.80. The van der Waals surface area contributed by atoms with Gasteiger partial charge in [-0.15, -0.1) is 0 Å². The van der Waals surface area contributed by atoms with Crippen molar-refractivity contribution in [3.05, 3.63) is 24.2 Å². The Kier molecular flexibility index (Phi) is 7.88. The van der Waals surface area contributed by atoms with Crippen LogP contribution in [0.15, 0.2) is 29.2 Å². The molecule has 0 bridgehead atoms. The minimum absolute atomic E-state index is 0.279. The molecular weight excluding hydrogens is 189 g/mol. The zero-order valence-corrected chi connectivity index (χ0v) is 10.1. The van der Waals surface area contributed by atoms with E-state index in [1.807, 2.05) is 6.92 Å². The van der Waals surface area contributed by atoms with Gasteiger partial charge in [0.15, 0.2) is 0 Å². The summed E-state index contributed by atoms with van der Waals surface area (Å²) in [5.41, 5.74) is 1.53. The zero-order chi connectivity index (χ0) is 11.7. The number of unbranched alkanes of at least 4 members (excludes halogenated alkanes) is 1. The van der Waals surface area contributed by atoms with Gasteiger partial charge >= 0.3 is 0 Å². The number of hydrogen-bond acceptors (Lipinski definition) is 1. The number of aliphatic imine (C=N–C) groups is 1. The highest BCUT2D eigenvalue weighted by Gasteiger charge is 2.00. The molecule has 0 spiro atoms. The molecule has 0 aliphatic carbocycles. The number of nitrogens with zero attached hydrogens (tertiary/aromatic N) is 1. The third kappa shape index (κ3) is 7.06. The molecule has 0 rings (SSSR count). The maximum atomic E-state index is 13.4. The highest BCUT2D eigenvalue weighted by molar-refractivity contribution is 5.82. The van der Waals surface area contributed by atoms with Crippen LogP contribution in [0.4, 0.5) is 4.39 Å². The zero-order valence-electron chi connectivity index (χ0n) is 10.1. The van der Waals surface area contributed by atoms with Gasteiger partial charge in [0.1, 0.15) is 5.83 Å². The maximum absolute atomic E-state index is 13.4.